The molecule has 5 heteroatoms. The highest BCUT2D eigenvalue weighted by Gasteiger charge is 2.52. The Kier molecular flexibility index (Phi) is 5.31. The van der Waals surface area contributed by atoms with Crippen LogP contribution in [-0.2, 0) is 12.0 Å². The normalized spacial score (nSPS) is 31.7. The standard InChI is InChI=1S/C24H34N2O3/c1-28-20-7-6-18-17-26(14-5-13-25-11-3-2-4-12-25)15-10-24-9-8-19(27)16-21(24)29-23(20)22(18)24/h6-9,19,21,27H,2-5,10-17H2,1H3/t19?,21-,24?/m1/s1. The Morgan fingerprint density at radius 3 is 2.79 bits per heavy atom. The average molecular weight is 399 g/mol. The summed E-state index contributed by atoms with van der Waals surface area (Å²) < 4.78 is 12.0. The van der Waals surface area contributed by atoms with E-state index in [4.69, 9.17) is 9.47 Å². The molecule has 2 unspecified atom stereocenters. The van der Waals surface area contributed by atoms with Gasteiger partial charge in [-0.15, -0.1) is 0 Å². The fourth-order valence-corrected chi connectivity index (χ4v) is 5.89. The Hall–Kier alpha value is -1.56. The van der Waals surface area contributed by atoms with Gasteiger partial charge in [0.05, 0.1) is 18.6 Å². The number of aliphatic hydroxyl groups excluding tert-OH is 1. The van der Waals surface area contributed by atoms with Crippen LogP contribution in [-0.4, -0.2) is 66.9 Å². The molecular formula is C24H34N2O3. The highest BCUT2D eigenvalue weighted by molar-refractivity contribution is 5.60. The number of aliphatic hydroxyl groups is 1. The first-order chi connectivity index (χ1) is 14.2. The van der Waals surface area contributed by atoms with Crippen LogP contribution in [0.4, 0.5) is 0 Å². The topological polar surface area (TPSA) is 45.2 Å². The molecule has 1 aliphatic carbocycles. The van der Waals surface area contributed by atoms with Crippen molar-refractivity contribution >= 4 is 0 Å². The summed E-state index contributed by atoms with van der Waals surface area (Å²) in [4.78, 5) is 5.26. The molecule has 3 atom stereocenters. The van der Waals surface area contributed by atoms with E-state index in [0.29, 0.717) is 6.42 Å². The first-order valence-corrected chi connectivity index (χ1v) is 11.4. The van der Waals surface area contributed by atoms with E-state index in [1.165, 1.54) is 56.4 Å². The highest BCUT2D eigenvalue weighted by Crippen LogP contribution is 2.55. The van der Waals surface area contributed by atoms with Crippen LogP contribution in [0.1, 0.15) is 49.7 Å². The number of nitrogens with zero attached hydrogens (tertiary/aromatic N) is 2. The van der Waals surface area contributed by atoms with Gasteiger partial charge in [0.25, 0.3) is 0 Å². The number of hydrogen-bond donors (Lipinski definition) is 1. The molecule has 0 amide bonds. The van der Waals surface area contributed by atoms with E-state index in [-0.39, 0.29) is 11.5 Å². The molecule has 3 heterocycles. The minimum absolute atomic E-state index is 0.000787. The molecule has 29 heavy (non-hydrogen) atoms. The van der Waals surface area contributed by atoms with Crippen LogP contribution < -0.4 is 9.47 Å². The maximum Gasteiger partial charge on any atom is 0.166 e. The third-order valence-electron chi connectivity index (χ3n) is 7.43. The van der Waals surface area contributed by atoms with Gasteiger partial charge in [-0.25, -0.2) is 0 Å². The van der Waals surface area contributed by atoms with Crippen molar-refractivity contribution in [1.82, 2.24) is 9.80 Å². The SMILES string of the molecule is COc1ccc2c3c1O[C@@H]1CC(O)C=CC31CCN(CCCN1CCCCC1)C2. The molecule has 0 bridgehead atoms. The van der Waals surface area contributed by atoms with Crippen molar-refractivity contribution in [3.63, 3.8) is 0 Å². The minimum atomic E-state index is -0.418. The third kappa shape index (κ3) is 3.47. The quantitative estimate of drug-likeness (QED) is 0.773. The van der Waals surface area contributed by atoms with Gasteiger partial charge in [0.1, 0.15) is 6.10 Å². The van der Waals surface area contributed by atoms with Crippen molar-refractivity contribution in [1.29, 1.82) is 0 Å². The fraction of sp³-hybridized carbons (Fsp3) is 0.667. The van der Waals surface area contributed by atoms with Crippen LogP contribution in [0.15, 0.2) is 24.3 Å². The lowest BCUT2D eigenvalue weighted by Gasteiger charge is -2.36. The average Bonchev–Trinajstić information content (AvgIpc) is 2.98. The summed E-state index contributed by atoms with van der Waals surface area (Å²) in [5, 5.41) is 10.2. The van der Waals surface area contributed by atoms with E-state index >= 15 is 0 Å². The summed E-state index contributed by atoms with van der Waals surface area (Å²) in [7, 11) is 1.71. The van der Waals surface area contributed by atoms with Crippen LogP contribution >= 0.6 is 0 Å². The molecule has 1 saturated heterocycles. The molecule has 1 aromatic rings. The number of rotatable bonds is 5. The summed E-state index contributed by atoms with van der Waals surface area (Å²) in [6, 6.07) is 4.28. The van der Waals surface area contributed by atoms with Gasteiger partial charge in [-0.3, -0.25) is 4.90 Å². The van der Waals surface area contributed by atoms with Gasteiger partial charge in [-0.2, -0.15) is 0 Å². The maximum absolute atomic E-state index is 10.2. The second-order valence-electron chi connectivity index (χ2n) is 9.22. The number of ether oxygens (including phenoxy) is 2. The van der Waals surface area contributed by atoms with Gasteiger partial charge in [0.2, 0.25) is 0 Å². The van der Waals surface area contributed by atoms with Crippen molar-refractivity contribution in [3.8, 4) is 11.5 Å². The molecule has 3 aliphatic heterocycles. The summed E-state index contributed by atoms with van der Waals surface area (Å²) in [6.45, 7) is 6.96. The number of likely N-dealkylation sites (tertiary alicyclic amines) is 1. The van der Waals surface area contributed by atoms with Crippen molar-refractivity contribution in [2.75, 3.05) is 39.8 Å². The Morgan fingerprint density at radius 1 is 1.14 bits per heavy atom. The molecule has 1 N–H and O–H groups in total. The molecule has 1 spiro atoms. The van der Waals surface area contributed by atoms with E-state index in [9.17, 15) is 5.11 Å². The van der Waals surface area contributed by atoms with Crippen molar-refractivity contribution in [2.24, 2.45) is 0 Å². The number of hydrogen-bond acceptors (Lipinski definition) is 5. The molecular weight excluding hydrogens is 364 g/mol. The van der Waals surface area contributed by atoms with Crippen molar-refractivity contribution in [3.05, 3.63) is 35.4 Å². The van der Waals surface area contributed by atoms with Gasteiger partial charge in [0.15, 0.2) is 11.5 Å². The van der Waals surface area contributed by atoms with Gasteiger partial charge in [0, 0.05) is 18.5 Å². The first-order valence-electron chi connectivity index (χ1n) is 11.4. The zero-order valence-electron chi connectivity index (χ0n) is 17.6. The van der Waals surface area contributed by atoms with Crippen LogP contribution in [0, 0.1) is 0 Å². The van der Waals surface area contributed by atoms with Gasteiger partial charge >= 0.3 is 0 Å². The Bertz CT molecular complexity index is 774. The van der Waals surface area contributed by atoms with Crippen LogP contribution in [0.5, 0.6) is 11.5 Å². The van der Waals surface area contributed by atoms with Gasteiger partial charge in [-0.1, -0.05) is 24.6 Å². The van der Waals surface area contributed by atoms with Gasteiger partial charge in [-0.05, 0) is 70.0 Å². The Balaban J connectivity index is 1.37. The molecule has 5 nitrogen and oxygen atoms in total. The monoisotopic (exact) mass is 398 g/mol. The number of piperidine rings is 1. The smallest absolute Gasteiger partial charge is 0.166 e. The van der Waals surface area contributed by atoms with Crippen LogP contribution in [0.2, 0.25) is 0 Å². The second kappa shape index (κ2) is 7.93. The summed E-state index contributed by atoms with van der Waals surface area (Å²) in [5.74, 6) is 1.72. The van der Waals surface area contributed by atoms with Gasteiger partial charge < -0.3 is 19.5 Å². The van der Waals surface area contributed by atoms with E-state index in [2.05, 4.69) is 28.0 Å². The number of methoxy groups -OCH3 is 1. The summed E-state index contributed by atoms with van der Waals surface area (Å²) >= 11 is 0. The molecule has 5 rings (SSSR count). The van der Waals surface area contributed by atoms with E-state index in [0.717, 1.165) is 37.6 Å². The fourth-order valence-electron chi connectivity index (χ4n) is 5.89. The Morgan fingerprint density at radius 2 is 1.97 bits per heavy atom. The zero-order chi connectivity index (χ0) is 19.8. The molecule has 158 valence electrons. The van der Waals surface area contributed by atoms with E-state index in [1.54, 1.807) is 7.11 Å². The summed E-state index contributed by atoms with van der Waals surface area (Å²) in [5.41, 5.74) is 2.54. The van der Waals surface area contributed by atoms with Crippen LogP contribution in [0.3, 0.4) is 0 Å². The Labute approximate surface area is 174 Å². The largest absolute Gasteiger partial charge is 0.493 e. The zero-order valence-corrected chi connectivity index (χ0v) is 17.6. The van der Waals surface area contributed by atoms with E-state index in [1.807, 2.05) is 6.08 Å². The molecule has 0 radical (unpaired) electrons. The predicted octanol–water partition coefficient (Wildman–Crippen LogP) is 3.10. The molecule has 0 saturated carbocycles. The first kappa shape index (κ1) is 19.4. The highest BCUT2D eigenvalue weighted by atomic mass is 16.5. The lowest BCUT2D eigenvalue weighted by Crippen LogP contribution is -2.43. The summed E-state index contributed by atoms with van der Waals surface area (Å²) in [6.07, 6.45) is 10.9. The predicted molar refractivity (Wildman–Crippen MR) is 114 cm³/mol. The van der Waals surface area contributed by atoms with Crippen molar-refractivity contribution < 1.29 is 14.6 Å². The van der Waals surface area contributed by atoms with Crippen molar-refractivity contribution in [2.45, 2.75) is 62.7 Å². The molecule has 4 aliphatic rings. The molecule has 1 fully saturated rings. The molecule has 1 aromatic carbocycles. The minimum Gasteiger partial charge on any atom is -0.493 e. The number of benzene rings is 1. The lowest BCUT2D eigenvalue weighted by atomic mass is 9.69. The lowest BCUT2D eigenvalue weighted by molar-refractivity contribution is 0.0807. The van der Waals surface area contributed by atoms with E-state index < -0.39 is 6.10 Å². The molecule has 0 aromatic heterocycles. The van der Waals surface area contributed by atoms with Crippen LogP contribution in [0.25, 0.3) is 0 Å². The second-order valence-corrected chi connectivity index (χ2v) is 9.22. The maximum atomic E-state index is 10.2. The third-order valence-corrected chi connectivity index (χ3v) is 7.43.